The van der Waals surface area contributed by atoms with Gasteiger partial charge in [-0.15, -0.1) is 0 Å². The number of nitrogens with zero attached hydrogens (tertiary/aromatic N) is 2. The number of carboxylic acid groups (broad SMARTS) is 1. The molecule has 0 aliphatic carbocycles. The Balaban J connectivity index is 1.99. The molecule has 2 rings (SSSR count). The van der Waals surface area contributed by atoms with E-state index in [1.807, 2.05) is 0 Å². The lowest BCUT2D eigenvalue weighted by atomic mass is 10.1. The Morgan fingerprint density at radius 3 is 2.52 bits per heavy atom. The van der Waals surface area contributed by atoms with Gasteiger partial charge in [0.1, 0.15) is 0 Å². The number of benzene rings is 1. The molecule has 1 amide bonds. The number of aromatic carboxylic acids is 1. The van der Waals surface area contributed by atoms with Crippen LogP contribution in [0.4, 0.5) is 18.9 Å². The molecule has 1 aromatic heterocycles. The van der Waals surface area contributed by atoms with Gasteiger partial charge >= 0.3 is 12.1 Å². The summed E-state index contributed by atoms with van der Waals surface area (Å²) in [5, 5.41) is 14.6. The summed E-state index contributed by atoms with van der Waals surface area (Å²) in [7, 11) is 0. The summed E-state index contributed by atoms with van der Waals surface area (Å²) in [6.45, 7) is 0.0489. The highest BCUT2D eigenvalue weighted by Crippen LogP contribution is 2.34. The lowest BCUT2D eigenvalue weighted by molar-refractivity contribution is -0.137. The molecule has 1 heterocycles. The zero-order valence-corrected chi connectivity index (χ0v) is 11.7. The molecule has 0 radical (unpaired) electrons. The number of carboxylic acids is 1. The first-order chi connectivity index (χ1) is 10.8. The van der Waals surface area contributed by atoms with E-state index in [9.17, 15) is 22.8 Å². The number of para-hydroxylation sites is 1. The van der Waals surface area contributed by atoms with Crippen molar-refractivity contribution in [1.82, 2.24) is 9.78 Å². The topological polar surface area (TPSA) is 84.2 Å². The molecular weight excluding hydrogens is 315 g/mol. The molecule has 23 heavy (non-hydrogen) atoms. The Bertz CT molecular complexity index is 725. The summed E-state index contributed by atoms with van der Waals surface area (Å²) < 4.78 is 39.7. The molecular formula is C14H12F3N3O3. The molecule has 0 unspecified atom stereocenters. The monoisotopic (exact) mass is 327 g/mol. The molecule has 0 aliphatic rings. The maximum absolute atomic E-state index is 12.8. The smallest absolute Gasteiger partial charge is 0.418 e. The number of hydrogen-bond acceptors (Lipinski definition) is 3. The maximum atomic E-state index is 12.8. The van der Waals surface area contributed by atoms with Crippen molar-refractivity contribution in [3.63, 3.8) is 0 Å². The number of rotatable bonds is 5. The van der Waals surface area contributed by atoms with Crippen molar-refractivity contribution in [3.05, 3.63) is 47.8 Å². The number of aryl methyl sites for hydroxylation is 1. The Morgan fingerprint density at radius 1 is 1.22 bits per heavy atom. The van der Waals surface area contributed by atoms with Crippen molar-refractivity contribution in [3.8, 4) is 0 Å². The maximum Gasteiger partial charge on any atom is 0.418 e. The van der Waals surface area contributed by atoms with Gasteiger partial charge in [0.05, 0.1) is 11.3 Å². The minimum Gasteiger partial charge on any atom is -0.476 e. The predicted octanol–water partition coefficient (Wildman–Crippen LogP) is 2.63. The summed E-state index contributed by atoms with van der Waals surface area (Å²) in [4.78, 5) is 22.4. The van der Waals surface area contributed by atoms with Crippen LogP contribution in [0, 0.1) is 0 Å². The summed E-state index contributed by atoms with van der Waals surface area (Å²) in [6, 6.07) is 5.92. The van der Waals surface area contributed by atoms with Crippen LogP contribution in [0.2, 0.25) is 0 Å². The minimum atomic E-state index is -4.57. The number of aromatic nitrogens is 2. The van der Waals surface area contributed by atoms with Crippen LogP contribution in [0.1, 0.15) is 22.5 Å². The van der Waals surface area contributed by atoms with Gasteiger partial charge in [0.25, 0.3) is 0 Å². The molecule has 0 spiro atoms. The van der Waals surface area contributed by atoms with Gasteiger partial charge in [-0.3, -0.25) is 9.48 Å². The van der Waals surface area contributed by atoms with Crippen molar-refractivity contribution >= 4 is 17.6 Å². The molecule has 0 saturated heterocycles. The second-order valence-corrected chi connectivity index (χ2v) is 4.61. The number of nitrogens with one attached hydrogen (secondary N) is 1. The van der Waals surface area contributed by atoms with Crippen LogP contribution in [0.15, 0.2) is 36.5 Å². The minimum absolute atomic E-state index is 0.0489. The predicted molar refractivity (Wildman–Crippen MR) is 73.9 cm³/mol. The third kappa shape index (κ3) is 4.31. The van der Waals surface area contributed by atoms with Crippen molar-refractivity contribution < 1.29 is 27.9 Å². The molecule has 2 aromatic rings. The fraction of sp³-hybridized carbons (Fsp3) is 0.214. The van der Waals surface area contributed by atoms with Crippen molar-refractivity contribution in [2.45, 2.75) is 19.1 Å². The van der Waals surface area contributed by atoms with Crippen LogP contribution < -0.4 is 5.32 Å². The Kier molecular flexibility index (Phi) is 4.68. The molecule has 6 nitrogen and oxygen atoms in total. The number of hydrogen-bond donors (Lipinski definition) is 2. The molecule has 2 N–H and O–H groups in total. The summed E-state index contributed by atoms with van der Waals surface area (Å²) in [5.41, 5.74) is -1.43. The van der Waals surface area contributed by atoms with Crippen LogP contribution >= 0.6 is 0 Å². The number of anilines is 1. The lowest BCUT2D eigenvalue weighted by Crippen LogP contribution is -2.18. The first kappa shape index (κ1) is 16.5. The molecule has 0 atom stereocenters. The van der Waals surface area contributed by atoms with Crippen molar-refractivity contribution in [2.24, 2.45) is 0 Å². The number of carbonyl (C=O) groups excluding carboxylic acids is 1. The average Bonchev–Trinajstić information content (AvgIpc) is 2.94. The Labute approximate surface area is 128 Å². The standard InChI is InChI=1S/C14H12F3N3O3/c15-14(16,17)9-3-1-2-4-10(9)18-12(21)6-8-20-7-5-11(19-20)13(22)23/h1-5,7H,6,8H2,(H,18,21)(H,22,23). The molecule has 122 valence electrons. The quantitative estimate of drug-likeness (QED) is 0.884. The SMILES string of the molecule is O=C(CCn1ccc(C(=O)O)n1)Nc1ccccc1C(F)(F)F. The van der Waals surface area contributed by atoms with E-state index in [2.05, 4.69) is 10.4 Å². The van der Waals surface area contributed by atoms with Gasteiger partial charge in [0.15, 0.2) is 5.69 Å². The molecule has 9 heteroatoms. The van der Waals surface area contributed by atoms with E-state index in [4.69, 9.17) is 5.11 Å². The number of carbonyl (C=O) groups is 2. The van der Waals surface area contributed by atoms with Gasteiger partial charge < -0.3 is 10.4 Å². The summed E-state index contributed by atoms with van der Waals surface area (Å²) in [6.07, 6.45) is -3.34. The summed E-state index contributed by atoms with van der Waals surface area (Å²) >= 11 is 0. The highest BCUT2D eigenvalue weighted by atomic mass is 19.4. The van der Waals surface area contributed by atoms with Gasteiger partial charge in [0.2, 0.25) is 5.91 Å². The molecule has 0 aliphatic heterocycles. The van der Waals surface area contributed by atoms with Crippen LogP contribution in [-0.2, 0) is 17.5 Å². The average molecular weight is 327 g/mol. The van der Waals surface area contributed by atoms with Gasteiger partial charge in [-0.2, -0.15) is 18.3 Å². The Morgan fingerprint density at radius 2 is 1.91 bits per heavy atom. The van der Waals surface area contributed by atoms with Gasteiger partial charge in [-0.05, 0) is 18.2 Å². The highest BCUT2D eigenvalue weighted by Gasteiger charge is 2.33. The normalized spacial score (nSPS) is 11.3. The first-order valence-corrected chi connectivity index (χ1v) is 6.50. The van der Waals surface area contributed by atoms with Gasteiger partial charge in [-0.1, -0.05) is 12.1 Å². The van der Waals surface area contributed by atoms with Crippen LogP contribution in [0.5, 0.6) is 0 Å². The largest absolute Gasteiger partial charge is 0.476 e. The van der Waals surface area contributed by atoms with Crippen molar-refractivity contribution in [2.75, 3.05) is 5.32 Å². The van der Waals surface area contributed by atoms with Crippen molar-refractivity contribution in [1.29, 1.82) is 0 Å². The van der Waals surface area contributed by atoms with Gasteiger partial charge in [-0.25, -0.2) is 4.79 Å². The highest BCUT2D eigenvalue weighted by molar-refractivity contribution is 5.91. The van der Waals surface area contributed by atoms with E-state index < -0.39 is 23.6 Å². The fourth-order valence-corrected chi connectivity index (χ4v) is 1.87. The second kappa shape index (κ2) is 6.51. The van der Waals surface area contributed by atoms with E-state index in [0.717, 1.165) is 12.1 Å². The Hall–Kier alpha value is -2.84. The fourth-order valence-electron chi connectivity index (χ4n) is 1.87. The zero-order valence-electron chi connectivity index (χ0n) is 11.7. The summed E-state index contributed by atoms with van der Waals surface area (Å²) in [5.74, 6) is -1.83. The van der Waals surface area contributed by atoms with Gasteiger partial charge in [0, 0.05) is 19.2 Å². The molecule has 1 aromatic carbocycles. The van der Waals surface area contributed by atoms with Crippen LogP contribution in [-0.4, -0.2) is 26.8 Å². The van der Waals surface area contributed by atoms with Crippen LogP contribution in [0.3, 0.4) is 0 Å². The molecule has 0 fully saturated rings. The number of amides is 1. The van der Waals surface area contributed by atoms with E-state index in [-0.39, 0.29) is 24.3 Å². The van der Waals surface area contributed by atoms with E-state index in [1.54, 1.807) is 0 Å². The molecule has 0 saturated carbocycles. The van der Waals surface area contributed by atoms with E-state index >= 15 is 0 Å². The first-order valence-electron chi connectivity index (χ1n) is 6.50. The van der Waals surface area contributed by atoms with E-state index in [0.29, 0.717) is 0 Å². The lowest BCUT2D eigenvalue weighted by Gasteiger charge is -2.13. The third-order valence-corrected chi connectivity index (χ3v) is 2.93. The third-order valence-electron chi connectivity index (χ3n) is 2.93. The molecule has 0 bridgehead atoms. The zero-order chi connectivity index (χ0) is 17.0. The second-order valence-electron chi connectivity index (χ2n) is 4.61. The number of halogens is 3. The van der Waals surface area contributed by atoms with E-state index in [1.165, 1.54) is 29.1 Å². The van der Waals surface area contributed by atoms with Crippen LogP contribution in [0.25, 0.3) is 0 Å². The number of alkyl halides is 3.